The van der Waals surface area contributed by atoms with Crippen molar-refractivity contribution in [2.24, 2.45) is 0 Å². The van der Waals surface area contributed by atoms with Crippen LogP contribution < -0.4 is 0 Å². The Morgan fingerprint density at radius 2 is 2.19 bits per heavy atom. The van der Waals surface area contributed by atoms with Crippen LogP contribution in [-0.2, 0) is 0 Å². The molecule has 6 nitrogen and oxygen atoms in total. The Morgan fingerprint density at radius 3 is 3.11 bits per heavy atom. The first-order chi connectivity index (χ1) is 13.3. The smallest absolute Gasteiger partial charge is 0.264 e. The lowest BCUT2D eigenvalue weighted by Crippen LogP contribution is -2.30. The SMILES string of the molecule is O=C(c1cc2c(nc3sccn32)s1)N1CCC[C@H]1c1nc2ccccc2[nH]1. The van der Waals surface area contributed by atoms with Crippen LogP contribution in [0.3, 0.4) is 0 Å². The highest BCUT2D eigenvalue weighted by molar-refractivity contribution is 7.21. The second-order valence-electron chi connectivity index (χ2n) is 6.76. The first-order valence-electron chi connectivity index (χ1n) is 8.89. The van der Waals surface area contributed by atoms with E-state index in [2.05, 4.69) is 9.97 Å². The zero-order chi connectivity index (χ0) is 18.0. The molecule has 0 unspecified atom stereocenters. The van der Waals surface area contributed by atoms with Gasteiger partial charge in [-0.05, 0) is 31.0 Å². The summed E-state index contributed by atoms with van der Waals surface area (Å²) >= 11 is 3.09. The number of fused-ring (bicyclic) bond motifs is 4. The molecule has 0 aliphatic carbocycles. The van der Waals surface area contributed by atoms with Gasteiger partial charge in [-0.3, -0.25) is 9.20 Å². The number of H-pyrrole nitrogens is 1. The number of benzene rings is 1. The molecule has 8 heteroatoms. The summed E-state index contributed by atoms with van der Waals surface area (Å²) in [6, 6.07) is 9.98. The van der Waals surface area contributed by atoms with Gasteiger partial charge in [0, 0.05) is 18.1 Å². The third-order valence-corrected chi connectivity index (χ3v) is 6.95. The highest BCUT2D eigenvalue weighted by Crippen LogP contribution is 2.35. The summed E-state index contributed by atoms with van der Waals surface area (Å²) in [6.45, 7) is 0.761. The van der Waals surface area contributed by atoms with E-state index in [4.69, 9.17) is 4.98 Å². The van der Waals surface area contributed by atoms with E-state index in [1.165, 1.54) is 11.3 Å². The van der Waals surface area contributed by atoms with Crippen molar-refractivity contribution >= 4 is 54.9 Å². The Morgan fingerprint density at radius 1 is 1.26 bits per heavy atom. The topological polar surface area (TPSA) is 66.3 Å². The van der Waals surface area contributed by atoms with Gasteiger partial charge < -0.3 is 9.88 Å². The van der Waals surface area contributed by atoms with Crippen LogP contribution in [0.4, 0.5) is 0 Å². The lowest BCUT2D eigenvalue weighted by molar-refractivity contribution is 0.0735. The number of thiophene rings is 1. The molecule has 0 radical (unpaired) electrons. The highest BCUT2D eigenvalue weighted by Gasteiger charge is 2.33. The molecule has 5 aromatic rings. The van der Waals surface area contributed by atoms with Gasteiger partial charge in [0.05, 0.1) is 27.5 Å². The molecule has 5 heterocycles. The molecule has 1 saturated heterocycles. The van der Waals surface area contributed by atoms with Crippen molar-refractivity contribution in [2.45, 2.75) is 18.9 Å². The van der Waals surface area contributed by atoms with Crippen LogP contribution in [0.15, 0.2) is 41.9 Å². The summed E-state index contributed by atoms with van der Waals surface area (Å²) in [4.78, 5) is 30.6. The Hall–Kier alpha value is -2.71. The van der Waals surface area contributed by atoms with Crippen LogP contribution in [0.1, 0.15) is 34.4 Å². The molecular formula is C19H15N5OS2. The largest absolute Gasteiger partial charge is 0.340 e. The van der Waals surface area contributed by atoms with Crippen molar-refractivity contribution in [1.82, 2.24) is 24.3 Å². The predicted octanol–water partition coefficient (Wildman–Crippen LogP) is 4.46. The Labute approximate surface area is 162 Å². The third kappa shape index (κ3) is 2.26. The minimum absolute atomic E-state index is 0.00291. The lowest BCUT2D eigenvalue weighted by atomic mass is 10.2. The van der Waals surface area contributed by atoms with Crippen molar-refractivity contribution in [3.63, 3.8) is 0 Å². The summed E-state index contributed by atoms with van der Waals surface area (Å²) in [5, 5.41) is 2.01. The maximum Gasteiger partial charge on any atom is 0.264 e. The molecule has 0 bridgehead atoms. The number of thiazole rings is 1. The fourth-order valence-electron chi connectivity index (χ4n) is 3.92. The van der Waals surface area contributed by atoms with Crippen molar-refractivity contribution in [1.29, 1.82) is 0 Å². The van der Waals surface area contributed by atoms with Gasteiger partial charge in [-0.25, -0.2) is 9.97 Å². The van der Waals surface area contributed by atoms with Gasteiger partial charge >= 0.3 is 0 Å². The van der Waals surface area contributed by atoms with Crippen molar-refractivity contribution in [3.05, 3.63) is 52.6 Å². The molecule has 4 aromatic heterocycles. The van der Waals surface area contributed by atoms with Gasteiger partial charge in [0.1, 0.15) is 10.7 Å². The maximum absolute atomic E-state index is 13.2. The molecule has 1 atom stereocenters. The van der Waals surface area contributed by atoms with Gasteiger partial charge in [0.25, 0.3) is 5.91 Å². The molecule has 27 heavy (non-hydrogen) atoms. The van der Waals surface area contributed by atoms with Crippen LogP contribution in [0, 0.1) is 0 Å². The van der Waals surface area contributed by atoms with E-state index in [1.54, 1.807) is 11.3 Å². The van der Waals surface area contributed by atoms with Crippen molar-refractivity contribution < 1.29 is 4.79 Å². The molecule has 0 spiro atoms. The summed E-state index contributed by atoms with van der Waals surface area (Å²) in [5.41, 5.74) is 2.98. The van der Waals surface area contributed by atoms with Crippen LogP contribution >= 0.6 is 22.7 Å². The Bertz CT molecular complexity index is 1280. The number of rotatable bonds is 2. The number of hydrogen-bond acceptors (Lipinski definition) is 5. The number of hydrogen-bond donors (Lipinski definition) is 1. The first kappa shape index (κ1) is 15.4. The number of carbonyl (C=O) groups is 1. The molecule has 0 saturated carbocycles. The molecule has 1 N–H and O–H groups in total. The third-order valence-electron chi connectivity index (χ3n) is 5.19. The molecule has 1 aromatic carbocycles. The second-order valence-corrected chi connectivity index (χ2v) is 8.67. The monoisotopic (exact) mass is 393 g/mol. The number of aromatic amines is 1. The van der Waals surface area contributed by atoms with Gasteiger partial charge in [-0.2, -0.15) is 0 Å². The van der Waals surface area contributed by atoms with E-state index in [1.807, 2.05) is 51.2 Å². The molecule has 1 fully saturated rings. The molecule has 1 aliphatic rings. The number of imidazole rings is 2. The molecule has 1 amide bonds. The minimum Gasteiger partial charge on any atom is -0.340 e. The van der Waals surface area contributed by atoms with Crippen LogP contribution in [0.25, 0.3) is 26.3 Å². The van der Waals surface area contributed by atoms with E-state index in [0.717, 1.165) is 56.4 Å². The fourth-order valence-corrected chi connectivity index (χ4v) is 5.68. The summed E-state index contributed by atoms with van der Waals surface area (Å²) in [7, 11) is 0. The van der Waals surface area contributed by atoms with Crippen molar-refractivity contribution in [2.75, 3.05) is 6.54 Å². The summed E-state index contributed by atoms with van der Waals surface area (Å²) in [6.07, 6.45) is 3.93. The second kappa shape index (κ2) is 5.64. The first-order valence-corrected chi connectivity index (χ1v) is 10.6. The summed E-state index contributed by atoms with van der Waals surface area (Å²) in [5.74, 6) is 0.954. The normalized spacial score (nSPS) is 17.6. The number of carbonyl (C=O) groups excluding carboxylic acids is 1. The number of amides is 1. The van der Waals surface area contributed by atoms with E-state index >= 15 is 0 Å². The summed E-state index contributed by atoms with van der Waals surface area (Å²) < 4.78 is 2.05. The van der Waals surface area contributed by atoms with Gasteiger partial charge in [0.15, 0.2) is 4.96 Å². The number of aromatic nitrogens is 4. The number of likely N-dealkylation sites (tertiary alicyclic amines) is 1. The fraction of sp³-hybridized carbons (Fsp3) is 0.211. The number of nitrogens with zero attached hydrogens (tertiary/aromatic N) is 4. The minimum atomic E-state index is 0.00291. The maximum atomic E-state index is 13.2. The van der Waals surface area contributed by atoms with E-state index in [0.29, 0.717) is 0 Å². The molecule has 6 rings (SSSR count). The Kier molecular flexibility index (Phi) is 3.21. The average molecular weight is 393 g/mol. The van der Waals surface area contributed by atoms with Gasteiger partial charge in [0.2, 0.25) is 0 Å². The van der Waals surface area contributed by atoms with E-state index in [-0.39, 0.29) is 11.9 Å². The quantitative estimate of drug-likeness (QED) is 0.481. The standard InChI is InChI=1S/C19H15N5OS2/c25-18(15-10-14-17(27-15)22-19-24(14)8-9-26-19)23-7-3-6-13(23)16-20-11-4-1-2-5-12(11)21-16/h1-2,4-5,8-10,13H,3,6-7H2,(H,20,21)/t13-/m0/s1. The lowest BCUT2D eigenvalue weighted by Gasteiger charge is -2.22. The number of nitrogens with one attached hydrogen (secondary N) is 1. The van der Waals surface area contributed by atoms with E-state index in [9.17, 15) is 4.79 Å². The van der Waals surface area contributed by atoms with Crippen LogP contribution in [0.2, 0.25) is 0 Å². The van der Waals surface area contributed by atoms with Gasteiger partial charge in [-0.1, -0.05) is 12.1 Å². The van der Waals surface area contributed by atoms with Crippen molar-refractivity contribution in [3.8, 4) is 0 Å². The molecule has 134 valence electrons. The van der Waals surface area contributed by atoms with Gasteiger partial charge in [-0.15, -0.1) is 22.7 Å². The predicted molar refractivity (Wildman–Crippen MR) is 108 cm³/mol. The van der Waals surface area contributed by atoms with E-state index < -0.39 is 0 Å². The molecular weight excluding hydrogens is 378 g/mol. The highest BCUT2D eigenvalue weighted by atomic mass is 32.1. The van der Waals surface area contributed by atoms with Crippen LogP contribution in [0.5, 0.6) is 0 Å². The van der Waals surface area contributed by atoms with Crippen LogP contribution in [-0.4, -0.2) is 36.7 Å². The zero-order valence-electron chi connectivity index (χ0n) is 14.3. The average Bonchev–Trinajstić information content (AvgIpc) is 3.45. The number of para-hydroxylation sites is 2. The molecule has 1 aliphatic heterocycles. The Balaban J connectivity index is 1.37. The zero-order valence-corrected chi connectivity index (χ0v) is 15.9.